The van der Waals surface area contributed by atoms with Crippen molar-refractivity contribution in [2.45, 2.75) is 57.4 Å². The van der Waals surface area contributed by atoms with Crippen molar-refractivity contribution in [3.63, 3.8) is 0 Å². The molecule has 0 spiro atoms. The summed E-state index contributed by atoms with van der Waals surface area (Å²) in [5.41, 5.74) is 0. The predicted octanol–water partition coefficient (Wildman–Crippen LogP) is 2.59. The number of likely N-dealkylation sites (tertiary alicyclic amines) is 1. The van der Waals surface area contributed by atoms with Crippen molar-refractivity contribution in [2.75, 3.05) is 20.2 Å². The largest absolute Gasteiger partial charge is 0.469 e. The van der Waals surface area contributed by atoms with Crippen LogP contribution in [0.4, 0.5) is 0 Å². The lowest BCUT2D eigenvalue weighted by Crippen LogP contribution is -2.42. The first-order valence-electron chi connectivity index (χ1n) is 7.13. The second-order valence-electron chi connectivity index (χ2n) is 5.48. The Balaban J connectivity index is 1.79. The summed E-state index contributed by atoms with van der Waals surface area (Å²) in [6, 6.07) is 0.788. The predicted molar refractivity (Wildman–Crippen MR) is 67.8 cm³/mol. The number of rotatable bonds is 2. The molecule has 3 nitrogen and oxygen atoms in total. The summed E-state index contributed by atoms with van der Waals surface area (Å²) in [7, 11) is 1.50. The quantitative estimate of drug-likeness (QED) is 0.548. The van der Waals surface area contributed by atoms with Gasteiger partial charge in [0.15, 0.2) is 0 Å². The maximum absolute atomic E-state index is 11.5. The van der Waals surface area contributed by atoms with Crippen molar-refractivity contribution < 1.29 is 9.53 Å². The number of hydrogen-bond donors (Lipinski definition) is 0. The molecule has 2 aliphatic rings. The molecule has 0 bridgehead atoms. The number of ether oxygens (including phenoxy) is 1. The van der Waals surface area contributed by atoms with Crippen LogP contribution in [-0.2, 0) is 9.53 Å². The summed E-state index contributed by atoms with van der Waals surface area (Å²) in [5.74, 6) is 0.146. The van der Waals surface area contributed by atoms with Gasteiger partial charge in [0.25, 0.3) is 0 Å². The van der Waals surface area contributed by atoms with Crippen LogP contribution in [0.15, 0.2) is 0 Å². The molecule has 0 N–H and O–H groups in total. The molecule has 1 heterocycles. The third-order valence-electron chi connectivity index (χ3n) is 4.41. The maximum atomic E-state index is 11.5. The molecule has 0 atom stereocenters. The zero-order chi connectivity index (χ0) is 12.1. The number of carbonyl (C=O) groups is 1. The first-order valence-corrected chi connectivity index (χ1v) is 7.13. The van der Waals surface area contributed by atoms with Crippen LogP contribution in [0.5, 0.6) is 0 Å². The summed E-state index contributed by atoms with van der Waals surface area (Å²) < 4.78 is 4.83. The number of methoxy groups -OCH3 is 1. The van der Waals surface area contributed by atoms with Crippen molar-refractivity contribution >= 4 is 5.97 Å². The lowest BCUT2D eigenvalue weighted by molar-refractivity contribution is -0.147. The van der Waals surface area contributed by atoms with E-state index < -0.39 is 0 Å². The highest BCUT2D eigenvalue weighted by atomic mass is 16.5. The Morgan fingerprint density at radius 3 is 2.12 bits per heavy atom. The van der Waals surface area contributed by atoms with Crippen LogP contribution in [0.1, 0.15) is 51.4 Å². The molecule has 0 aromatic rings. The number of hydrogen-bond acceptors (Lipinski definition) is 3. The average Bonchev–Trinajstić information content (AvgIpc) is 2.67. The number of carbonyl (C=O) groups excluding carboxylic acids is 1. The lowest BCUT2D eigenvalue weighted by Gasteiger charge is -2.36. The van der Waals surface area contributed by atoms with Crippen LogP contribution < -0.4 is 0 Å². The normalized spacial score (nSPS) is 25.5. The molecule has 98 valence electrons. The molecule has 0 unspecified atom stereocenters. The second-order valence-corrected chi connectivity index (χ2v) is 5.48. The molecule has 1 aliphatic carbocycles. The van der Waals surface area contributed by atoms with Crippen molar-refractivity contribution in [1.29, 1.82) is 0 Å². The minimum absolute atomic E-state index is 0.00878. The van der Waals surface area contributed by atoms with Gasteiger partial charge in [-0.1, -0.05) is 25.7 Å². The van der Waals surface area contributed by atoms with Gasteiger partial charge in [-0.05, 0) is 38.8 Å². The molecule has 17 heavy (non-hydrogen) atoms. The standard InChI is InChI=1S/C14H25NO2/c1-17-14(16)12-8-10-15(11-9-12)13-6-4-2-3-5-7-13/h12-13H,2-11H2,1H3. The van der Waals surface area contributed by atoms with E-state index in [4.69, 9.17) is 4.74 Å². The Labute approximate surface area is 105 Å². The molecular weight excluding hydrogens is 214 g/mol. The van der Waals surface area contributed by atoms with E-state index in [9.17, 15) is 4.79 Å². The van der Waals surface area contributed by atoms with Gasteiger partial charge in [0, 0.05) is 6.04 Å². The molecule has 1 aliphatic heterocycles. The molecule has 2 fully saturated rings. The SMILES string of the molecule is COC(=O)C1CCN(C2CCCCCC2)CC1. The third-order valence-corrected chi connectivity index (χ3v) is 4.41. The highest BCUT2D eigenvalue weighted by Gasteiger charge is 2.29. The van der Waals surface area contributed by atoms with Gasteiger partial charge in [0.2, 0.25) is 0 Å². The summed E-state index contributed by atoms with van der Waals surface area (Å²) in [4.78, 5) is 14.1. The summed E-state index contributed by atoms with van der Waals surface area (Å²) in [5, 5.41) is 0. The van der Waals surface area contributed by atoms with Crippen LogP contribution in [0.25, 0.3) is 0 Å². The Morgan fingerprint density at radius 1 is 1.00 bits per heavy atom. The van der Waals surface area contributed by atoms with E-state index >= 15 is 0 Å². The molecular formula is C14H25NO2. The lowest BCUT2D eigenvalue weighted by atomic mass is 9.94. The van der Waals surface area contributed by atoms with Gasteiger partial charge in [0.1, 0.15) is 0 Å². The van der Waals surface area contributed by atoms with E-state index in [0.29, 0.717) is 0 Å². The molecule has 0 aromatic heterocycles. The van der Waals surface area contributed by atoms with Crippen LogP contribution >= 0.6 is 0 Å². The molecule has 0 radical (unpaired) electrons. The van der Waals surface area contributed by atoms with Crippen molar-refractivity contribution in [3.05, 3.63) is 0 Å². The Kier molecular flexibility index (Phi) is 4.84. The second kappa shape index (κ2) is 6.39. The Bertz CT molecular complexity index is 239. The Morgan fingerprint density at radius 2 is 1.59 bits per heavy atom. The van der Waals surface area contributed by atoms with Gasteiger partial charge in [0.05, 0.1) is 13.0 Å². The van der Waals surface area contributed by atoms with E-state index in [0.717, 1.165) is 32.0 Å². The average molecular weight is 239 g/mol. The smallest absolute Gasteiger partial charge is 0.308 e. The van der Waals surface area contributed by atoms with Crippen LogP contribution in [-0.4, -0.2) is 37.1 Å². The van der Waals surface area contributed by atoms with E-state index in [2.05, 4.69) is 4.90 Å². The zero-order valence-corrected chi connectivity index (χ0v) is 11.0. The highest BCUT2D eigenvalue weighted by Crippen LogP contribution is 2.26. The van der Waals surface area contributed by atoms with Gasteiger partial charge in [-0.15, -0.1) is 0 Å². The first kappa shape index (κ1) is 12.9. The van der Waals surface area contributed by atoms with Crippen molar-refractivity contribution in [2.24, 2.45) is 5.92 Å². The molecule has 3 heteroatoms. The molecule has 2 rings (SSSR count). The summed E-state index contributed by atoms with van der Waals surface area (Å²) in [6.45, 7) is 2.18. The monoisotopic (exact) mass is 239 g/mol. The van der Waals surface area contributed by atoms with E-state index in [1.807, 2.05) is 0 Å². The van der Waals surface area contributed by atoms with Gasteiger partial charge >= 0.3 is 5.97 Å². The van der Waals surface area contributed by atoms with Gasteiger partial charge in [-0.25, -0.2) is 0 Å². The first-order chi connectivity index (χ1) is 8.31. The summed E-state index contributed by atoms with van der Waals surface area (Å²) in [6.07, 6.45) is 10.3. The molecule has 0 amide bonds. The fourth-order valence-electron chi connectivity index (χ4n) is 3.29. The van der Waals surface area contributed by atoms with E-state index in [1.54, 1.807) is 0 Å². The maximum Gasteiger partial charge on any atom is 0.308 e. The molecule has 0 aromatic carbocycles. The van der Waals surface area contributed by atoms with Crippen LogP contribution in [0, 0.1) is 5.92 Å². The van der Waals surface area contributed by atoms with Gasteiger partial charge in [-0.2, -0.15) is 0 Å². The third kappa shape index (κ3) is 3.44. The van der Waals surface area contributed by atoms with Crippen LogP contribution in [0.3, 0.4) is 0 Å². The van der Waals surface area contributed by atoms with E-state index in [-0.39, 0.29) is 11.9 Å². The van der Waals surface area contributed by atoms with Gasteiger partial charge < -0.3 is 9.64 Å². The fourth-order valence-corrected chi connectivity index (χ4v) is 3.29. The highest BCUT2D eigenvalue weighted by molar-refractivity contribution is 5.72. The molecule has 1 saturated heterocycles. The summed E-state index contributed by atoms with van der Waals surface area (Å²) >= 11 is 0. The van der Waals surface area contributed by atoms with Crippen LogP contribution in [0.2, 0.25) is 0 Å². The zero-order valence-electron chi connectivity index (χ0n) is 11.0. The number of piperidine rings is 1. The Hall–Kier alpha value is -0.570. The minimum atomic E-state index is -0.00878. The minimum Gasteiger partial charge on any atom is -0.469 e. The number of esters is 1. The van der Waals surface area contributed by atoms with Crippen molar-refractivity contribution in [3.8, 4) is 0 Å². The fraction of sp³-hybridized carbons (Fsp3) is 0.929. The van der Waals surface area contributed by atoms with E-state index in [1.165, 1.54) is 45.6 Å². The topological polar surface area (TPSA) is 29.5 Å². The van der Waals surface area contributed by atoms with Gasteiger partial charge in [-0.3, -0.25) is 4.79 Å². The molecule has 1 saturated carbocycles. The number of nitrogens with zero attached hydrogens (tertiary/aromatic N) is 1. The van der Waals surface area contributed by atoms with Crippen molar-refractivity contribution in [1.82, 2.24) is 4.90 Å².